The van der Waals surface area contributed by atoms with Gasteiger partial charge in [0.1, 0.15) is 5.75 Å². The number of phenols is 1. The largest absolute Gasteiger partial charge is 0.508 e. The molecule has 0 aromatic heterocycles. The van der Waals surface area contributed by atoms with Gasteiger partial charge in [-0.15, -0.1) is 0 Å². The fraction of sp³-hybridized carbons (Fsp3) is 0.308. The van der Waals surface area contributed by atoms with Crippen molar-refractivity contribution < 1.29 is 5.11 Å². The Balaban J connectivity index is 0.00000126. The van der Waals surface area contributed by atoms with Gasteiger partial charge in [0.25, 0.3) is 0 Å². The average molecular weight is 361 g/mol. The van der Waals surface area contributed by atoms with E-state index in [-0.39, 0.29) is 10.8 Å². The predicted molar refractivity (Wildman–Crippen MR) is 117 cm³/mol. The maximum atomic E-state index is 10.6. The lowest BCUT2D eigenvalue weighted by Crippen LogP contribution is -2.23. The first kappa shape index (κ1) is 20.8. The highest BCUT2D eigenvalue weighted by Gasteiger charge is 2.29. The van der Waals surface area contributed by atoms with Gasteiger partial charge in [-0.05, 0) is 22.8 Å². The van der Waals surface area contributed by atoms with E-state index in [2.05, 4.69) is 70.2 Å². The zero-order valence-corrected chi connectivity index (χ0v) is 17.5. The highest BCUT2D eigenvalue weighted by atomic mass is 16.3. The van der Waals surface area contributed by atoms with Gasteiger partial charge < -0.3 is 5.11 Å². The third-order valence-electron chi connectivity index (χ3n) is 5.38. The highest BCUT2D eigenvalue weighted by molar-refractivity contribution is 5.50. The maximum absolute atomic E-state index is 10.6. The van der Waals surface area contributed by atoms with Crippen LogP contribution >= 0.6 is 0 Å². The summed E-state index contributed by atoms with van der Waals surface area (Å²) in [4.78, 5) is 0. The standard InChI is InChI=1S/C24H26O.C2H6/c1-23(2,18-11-7-5-8-12-18)20-15-16-22(25)21(17-20)24(3,4)19-13-9-6-10-14-19;1-2/h5-17,25H,1-4H3;1-2H3. The topological polar surface area (TPSA) is 20.2 Å². The average Bonchev–Trinajstić information content (AvgIpc) is 2.71. The van der Waals surface area contributed by atoms with E-state index in [0.717, 1.165) is 5.56 Å². The van der Waals surface area contributed by atoms with Crippen LogP contribution in [0.1, 0.15) is 63.8 Å². The summed E-state index contributed by atoms with van der Waals surface area (Å²) in [5.41, 5.74) is 4.23. The lowest BCUT2D eigenvalue weighted by molar-refractivity contribution is 0.451. The summed E-state index contributed by atoms with van der Waals surface area (Å²) in [5, 5.41) is 10.6. The molecule has 0 fully saturated rings. The van der Waals surface area contributed by atoms with E-state index in [1.807, 2.05) is 50.2 Å². The summed E-state index contributed by atoms with van der Waals surface area (Å²) in [5.74, 6) is 0.349. The molecule has 0 saturated heterocycles. The highest BCUT2D eigenvalue weighted by Crippen LogP contribution is 2.40. The second-order valence-electron chi connectivity index (χ2n) is 7.71. The molecular formula is C26H32O. The molecule has 0 heterocycles. The first-order valence-corrected chi connectivity index (χ1v) is 9.78. The predicted octanol–water partition coefficient (Wildman–Crippen LogP) is 7.07. The lowest BCUT2D eigenvalue weighted by Gasteiger charge is -2.31. The minimum absolute atomic E-state index is 0.128. The van der Waals surface area contributed by atoms with Crippen LogP contribution in [0, 0.1) is 0 Å². The van der Waals surface area contributed by atoms with Gasteiger partial charge in [-0.3, -0.25) is 0 Å². The van der Waals surface area contributed by atoms with Gasteiger partial charge in [-0.1, -0.05) is 114 Å². The summed E-state index contributed by atoms with van der Waals surface area (Å²) in [6, 6.07) is 26.9. The van der Waals surface area contributed by atoms with Gasteiger partial charge in [0.15, 0.2) is 0 Å². The third kappa shape index (κ3) is 4.24. The molecule has 1 heteroatoms. The molecule has 0 unspecified atom stereocenters. The van der Waals surface area contributed by atoms with Crippen LogP contribution in [0.25, 0.3) is 0 Å². The Morgan fingerprint density at radius 3 is 1.48 bits per heavy atom. The van der Waals surface area contributed by atoms with E-state index < -0.39 is 0 Å². The second kappa shape index (κ2) is 8.43. The third-order valence-corrected chi connectivity index (χ3v) is 5.38. The minimum atomic E-state index is -0.270. The van der Waals surface area contributed by atoms with Gasteiger partial charge >= 0.3 is 0 Å². The summed E-state index contributed by atoms with van der Waals surface area (Å²) in [7, 11) is 0. The molecular weight excluding hydrogens is 328 g/mol. The van der Waals surface area contributed by atoms with Crippen LogP contribution in [-0.2, 0) is 10.8 Å². The first-order chi connectivity index (χ1) is 12.8. The summed E-state index contributed by atoms with van der Waals surface area (Å²) < 4.78 is 0. The number of benzene rings is 3. The molecule has 142 valence electrons. The van der Waals surface area contributed by atoms with E-state index in [1.165, 1.54) is 16.7 Å². The van der Waals surface area contributed by atoms with Crippen molar-refractivity contribution in [2.45, 2.75) is 52.4 Å². The Morgan fingerprint density at radius 2 is 1.00 bits per heavy atom. The van der Waals surface area contributed by atoms with Crippen molar-refractivity contribution >= 4 is 0 Å². The Bertz CT molecular complexity index is 846. The fourth-order valence-electron chi connectivity index (χ4n) is 3.46. The summed E-state index contributed by atoms with van der Waals surface area (Å²) in [6.45, 7) is 12.8. The van der Waals surface area contributed by atoms with E-state index in [4.69, 9.17) is 0 Å². The molecule has 1 N–H and O–H groups in total. The molecule has 1 nitrogen and oxygen atoms in total. The van der Waals surface area contributed by atoms with E-state index in [0.29, 0.717) is 5.75 Å². The van der Waals surface area contributed by atoms with Crippen molar-refractivity contribution in [1.29, 1.82) is 0 Å². The number of aromatic hydroxyl groups is 1. The molecule has 0 aliphatic carbocycles. The molecule has 0 radical (unpaired) electrons. The molecule has 0 spiro atoms. The zero-order valence-electron chi connectivity index (χ0n) is 17.5. The Labute approximate surface area is 164 Å². The quantitative estimate of drug-likeness (QED) is 0.527. The molecule has 27 heavy (non-hydrogen) atoms. The van der Waals surface area contributed by atoms with Crippen LogP contribution in [0.15, 0.2) is 78.9 Å². The van der Waals surface area contributed by atoms with Crippen LogP contribution in [0.4, 0.5) is 0 Å². The van der Waals surface area contributed by atoms with Crippen LogP contribution < -0.4 is 0 Å². The van der Waals surface area contributed by atoms with Crippen LogP contribution in [0.5, 0.6) is 5.75 Å². The molecule has 3 aromatic carbocycles. The van der Waals surface area contributed by atoms with Gasteiger partial charge in [0, 0.05) is 16.4 Å². The van der Waals surface area contributed by atoms with Crippen LogP contribution in [0.3, 0.4) is 0 Å². The van der Waals surface area contributed by atoms with E-state index in [1.54, 1.807) is 0 Å². The Hall–Kier alpha value is -2.54. The minimum Gasteiger partial charge on any atom is -0.508 e. The van der Waals surface area contributed by atoms with Gasteiger partial charge in [0.05, 0.1) is 0 Å². The Kier molecular flexibility index (Phi) is 6.49. The molecule has 3 rings (SSSR count). The van der Waals surface area contributed by atoms with Crippen molar-refractivity contribution in [2.24, 2.45) is 0 Å². The number of hydrogen-bond acceptors (Lipinski definition) is 1. The second-order valence-corrected chi connectivity index (χ2v) is 7.71. The lowest BCUT2D eigenvalue weighted by atomic mass is 9.73. The van der Waals surface area contributed by atoms with Crippen LogP contribution in [0.2, 0.25) is 0 Å². The van der Waals surface area contributed by atoms with Gasteiger partial charge in [0.2, 0.25) is 0 Å². The molecule has 0 bridgehead atoms. The monoisotopic (exact) mass is 360 g/mol. The maximum Gasteiger partial charge on any atom is 0.119 e. The van der Waals surface area contributed by atoms with Crippen molar-refractivity contribution in [1.82, 2.24) is 0 Å². The van der Waals surface area contributed by atoms with Gasteiger partial charge in [-0.2, -0.15) is 0 Å². The molecule has 0 aliphatic heterocycles. The fourth-order valence-corrected chi connectivity index (χ4v) is 3.46. The molecule has 0 aliphatic rings. The van der Waals surface area contributed by atoms with Crippen molar-refractivity contribution in [3.63, 3.8) is 0 Å². The molecule has 3 aromatic rings. The van der Waals surface area contributed by atoms with E-state index in [9.17, 15) is 5.11 Å². The van der Waals surface area contributed by atoms with Gasteiger partial charge in [-0.25, -0.2) is 0 Å². The normalized spacial score (nSPS) is 11.5. The smallest absolute Gasteiger partial charge is 0.119 e. The summed E-state index contributed by atoms with van der Waals surface area (Å²) in [6.07, 6.45) is 0. The number of hydrogen-bond donors (Lipinski definition) is 1. The first-order valence-electron chi connectivity index (χ1n) is 9.78. The molecule has 0 atom stereocenters. The Morgan fingerprint density at radius 1 is 0.556 bits per heavy atom. The van der Waals surface area contributed by atoms with Crippen molar-refractivity contribution in [2.75, 3.05) is 0 Å². The van der Waals surface area contributed by atoms with Crippen molar-refractivity contribution in [3.8, 4) is 5.75 Å². The molecule has 0 amide bonds. The zero-order chi connectivity index (χ0) is 20.1. The number of phenolic OH excluding ortho intramolecular Hbond substituents is 1. The molecule has 0 saturated carbocycles. The van der Waals surface area contributed by atoms with E-state index >= 15 is 0 Å². The van der Waals surface area contributed by atoms with Crippen molar-refractivity contribution in [3.05, 3.63) is 101 Å². The SMILES string of the molecule is CC.CC(C)(c1ccccc1)c1ccc(O)c(C(C)(C)c2ccccc2)c1. The number of rotatable bonds is 4. The van der Waals surface area contributed by atoms with Crippen LogP contribution in [-0.4, -0.2) is 5.11 Å². The summed E-state index contributed by atoms with van der Waals surface area (Å²) >= 11 is 0.